The first-order valence-corrected chi connectivity index (χ1v) is 18.0. The Labute approximate surface area is 268 Å². The van der Waals surface area contributed by atoms with Gasteiger partial charge in [-0.15, -0.1) is 0 Å². The molecule has 26 heteroatoms. The Kier molecular flexibility index (Phi) is 10.6. The molecule has 0 radical (unpaired) electrons. The summed E-state index contributed by atoms with van der Waals surface area (Å²) in [6.45, 7) is -0.784. The molecule has 0 aliphatic carbocycles. The van der Waals surface area contributed by atoms with Crippen LogP contribution in [0.5, 0.6) is 0 Å². The number of aliphatic hydroxyl groups excluding tert-OH is 3. The highest BCUT2D eigenvalue weighted by Crippen LogP contribution is 2.58. The summed E-state index contributed by atoms with van der Waals surface area (Å²) in [6.07, 6.45) is -8.22. The van der Waals surface area contributed by atoms with Gasteiger partial charge in [-0.3, -0.25) is 23.0 Å². The number of nitrogens with two attached hydrogens (primary N) is 1. The quantitative estimate of drug-likeness (QED) is 0.0544. The van der Waals surface area contributed by atoms with Gasteiger partial charge in [0.15, 0.2) is 42.0 Å². The van der Waals surface area contributed by atoms with Crippen molar-refractivity contribution in [2.45, 2.75) is 56.0 Å². The SMILES string of the molecule is CC(=O)c1ccc[n+]([C@@H]2O[C@@H](COP(=O)([O-])OP(=O)(O)OC[C@@H]3O[C@@H](n4cnc5c(N)ncnc54)[C@H](OP(=O)(O)O)[C@@H]3O)[C@@H](O)[C@H]2O)c1. The lowest BCUT2D eigenvalue weighted by Crippen LogP contribution is -2.46. The minimum absolute atomic E-state index is 0.000408. The summed E-state index contributed by atoms with van der Waals surface area (Å²) in [5.74, 6) is -0.358. The summed E-state index contributed by atoms with van der Waals surface area (Å²) in [5, 5.41) is 31.5. The highest BCUT2D eigenvalue weighted by Gasteiger charge is 2.51. The second-order valence-electron chi connectivity index (χ2n) is 10.4. The van der Waals surface area contributed by atoms with Gasteiger partial charge in [-0.05, 0) is 13.0 Å². The van der Waals surface area contributed by atoms with Crippen LogP contribution in [0.1, 0.15) is 29.7 Å². The van der Waals surface area contributed by atoms with Crippen LogP contribution in [0.4, 0.5) is 5.82 Å². The molecule has 2 aliphatic heterocycles. The van der Waals surface area contributed by atoms with Gasteiger partial charge in [-0.25, -0.2) is 28.4 Å². The maximum absolute atomic E-state index is 12.5. The van der Waals surface area contributed by atoms with Crippen LogP contribution in [-0.2, 0) is 41.1 Å². The van der Waals surface area contributed by atoms with E-state index in [4.69, 9.17) is 15.2 Å². The molecule has 2 aliphatic rings. The summed E-state index contributed by atoms with van der Waals surface area (Å²) in [7, 11) is -16.6. The second kappa shape index (κ2) is 13.9. The van der Waals surface area contributed by atoms with Crippen LogP contribution in [0.3, 0.4) is 0 Å². The number of aromatic nitrogens is 5. The van der Waals surface area contributed by atoms with E-state index in [1.165, 1.54) is 36.0 Å². The number of phosphoric acid groups is 3. The van der Waals surface area contributed by atoms with Gasteiger partial charge < -0.3 is 54.6 Å². The zero-order valence-electron chi connectivity index (χ0n) is 24.3. The van der Waals surface area contributed by atoms with E-state index < -0.39 is 85.8 Å². The third-order valence-corrected chi connectivity index (χ3v) is 10.2. The van der Waals surface area contributed by atoms with Crippen LogP contribution in [0.25, 0.3) is 11.2 Å². The topological polar surface area (TPSA) is 342 Å². The van der Waals surface area contributed by atoms with Gasteiger partial charge in [0.05, 0.1) is 25.1 Å². The van der Waals surface area contributed by atoms with Gasteiger partial charge in [0.2, 0.25) is 0 Å². The number of anilines is 1. The van der Waals surface area contributed by atoms with Gasteiger partial charge in [0, 0.05) is 6.07 Å². The lowest BCUT2D eigenvalue weighted by Gasteiger charge is -2.26. The molecule has 3 aromatic rings. The molecule has 0 saturated carbocycles. The van der Waals surface area contributed by atoms with Crippen molar-refractivity contribution >= 4 is 46.2 Å². The number of nitrogen functional groups attached to an aromatic ring is 1. The maximum Gasteiger partial charge on any atom is 0.478 e. The number of hydrogen-bond acceptors (Lipinski definition) is 18. The van der Waals surface area contributed by atoms with Gasteiger partial charge in [-0.2, -0.15) is 4.57 Å². The lowest BCUT2D eigenvalue weighted by atomic mass is 10.1. The molecule has 2 saturated heterocycles. The Morgan fingerprint density at radius 1 is 1.04 bits per heavy atom. The molecule has 2 fully saturated rings. The number of fused-ring (bicyclic) bond motifs is 1. The van der Waals surface area contributed by atoms with E-state index in [-0.39, 0.29) is 28.3 Å². The van der Waals surface area contributed by atoms with Crippen molar-refractivity contribution in [3.8, 4) is 0 Å². The number of ether oxygens (including phenoxy) is 2. The predicted molar refractivity (Wildman–Crippen MR) is 150 cm³/mol. The first-order valence-electron chi connectivity index (χ1n) is 13.5. The third kappa shape index (κ3) is 8.20. The first kappa shape index (κ1) is 36.6. The van der Waals surface area contributed by atoms with Crippen LogP contribution in [-0.4, -0.2) is 105 Å². The second-order valence-corrected chi connectivity index (χ2v) is 14.6. The molecule has 0 bridgehead atoms. The van der Waals surface area contributed by atoms with Crippen molar-refractivity contribution in [1.82, 2.24) is 19.5 Å². The van der Waals surface area contributed by atoms with Crippen molar-refractivity contribution in [1.29, 1.82) is 0 Å². The Balaban J connectivity index is 1.21. The highest BCUT2D eigenvalue weighted by molar-refractivity contribution is 7.60. The zero-order chi connectivity index (χ0) is 35.2. The molecule has 0 amide bonds. The zero-order valence-corrected chi connectivity index (χ0v) is 27.0. The van der Waals surface area contributed by atoms with Crippen molar-refractivity contribution in [3.05, 3.63) is 42.7 Å². The maximum atomic E-state index is 12.5. The number of pyridine rings is 1. The van der Waals surface area contributed by atoms with E-state index >= 15 is 0 Å². The van der Waals surface area contributed by atoms with Crippen LogP contribution in [0.15, 0.2) is 37.2 Å². The van der Waals surface area contributed by atoms with Crippen LogP contribution in [0, 0.1) is 0 Å². The molecule has 23 nitrogen and oxygen atoms in total. The molecule has 5 heterocycles. The molecular formula is C22H29N6O17P3. The van der Waals surface area contributed by atoms with E-state index in [0.29, 0.717) is 0 Å². The normalized spacial score (nSPS) is 30.3. The van der Waals surface area contributed by atoms with E-state index in [1.807, 2.05) is 0 Å². The standard InChI is InChI=1S/C22H29N6O17P3/c1-10(29)11-3-2-4-27(5-11)21-17(32)15(30)12(42-21)6-40-47(36,37)45-48(38,39)41-7-13-16(31)18(44-46(33,34)35)22(43-13)28-9-26-14-19(23)24-8-25-20(14)28/h2-5,8-9,12-13,15-18,21-22,30-32H,6-7H2,1H3,(H5-,23,24,25,33,34,35,36,37,38,39)/t12-,13-,15+,16+,17+,18+,21+,22+/m0/s1. The number of rotatable bonds is 13. The Morgan fingerprint density at radius 3 is 2.42 bits per heavy atom. The fourth-order valence-electron chi connectivity index (χ4n) is 4.89. The number of carbonyl (C=O) groups is 1. The van der Waals surface area contributed by atoms with Crippen molar-refractivity contribution in [2.75, 3.05) is 18.9 Å². The van der Waals surface area contributed by atoms with Gasteiger partial charge in [0.1, 0.15) is 42.4 Å². The van der Waals surface area contributed by atoms with Crippen molar-refractivity contribution in [2.24, 2.45) is 0 Å². The number of Topliss-reactive ketones (excluding diaryl/α,β-unsaturated/α-hetero) is 1. The van der Waals surface area contributed by atoms with E-state index in [9.17, 15) is 53.4 Å². The highest BCUT2D eigenvalue weighted by atomic mass is 31.3. The Hall–Kier alpha value is -2.66. The summed E-state index contributed by atoms with van der Waals surface area (Å²) in [6, 6.07) is 2.98. The average Bonchev–Trinajstić information content (AvgIpc) is 3.64. The van der Waals surface area contributed by atoms with Gasteiger partial charge >= 0.3 is 15.6 Å². The predicted octanol–water partition coefficient (Wildman–Crippen LogP) is -2.43. The minimum Gasteiger partial charge on any atom is -0.756 e. The van der Waals surface area contributed by atoms with E-state index in [0.717, 1.165) is 17.2 Å². The molecule has 8 N–H and O–H groups in total. The number of phosphoric ester groups is 3. The van der Waals surface area contributed by atoms with Crippen LogP contribution in [0.2, 0.25) is 0 Å². The molecule has 10 atom stereocenters. The molecule has 2 unspecified atom stereocenters. The fraction of sp³-hybridized carbons (Fsp3) is 0.500. The molecular weight excluding hydrogens is 713 g/mol. The fourth-order valence-corrected chi connectivity index (χ4v) is 7.49. The lowest BCUT2D eigenvalue weighted by molar-refractivity contribution is -0.765. The minimum atomic E-state index is -5.71. The smallest absolute Gasteiger partial charge is 0.478 e. The van der Waals surface area contributed by atoms with Gasteiger partial charge in [-0.1, -0.05) is 0 Å². The molecule has 3 aromatic heterocycles. The van der Waals surface area contributed by atoms with E-state index in [1.54, 1.807) is 0 Å². The largest absolute Gasteiger partial charge is 0.756 e. The summed E-state index contributed by atoms with van der Waals surface area (Å²) in [4.78, 5) is 64.7. The summed E-state index contributed by atoms with van der Waals surface area (Å²) in [5.41, 5.74) is 6.07. The number of imidazole rings is 1. The average molecular weight is 742 g/mol. The van der Waals surface area contributed by atoms with Crippen LogP contribution < -0.4 is 15.2 Å². The number of nitrogens with zero attached hydrogens (tertiary/aromatic N) is 5. The number of hydrogen-bond donors (Lipinski definition) is 7. The molecule has 0 spiro atoms. The third-order valence-electron chi connectivity index (χ3n) is 7.09. The summed E-state index contributed by atoms with van der Waals surface area (Å²) < 4.78 is 68.1. The van der Waals surface area contributed by atoms with Gasteiger partial charge in [0.25, 0.3) is 14.1 Å². The molecule has 5 rings (SSSR count). The number of ketones is 1. The Bertz CT molecular complexity index is 1810. The monoisotopic (exact) mass is 742 g/mol. The van der Waals surface area contributed by atoms with Crippen molar-refractivity contribution < 1.29 is 85.3 Å². The summed E-state index contributed by atoms with van der Waals surface area (Å²) >= 11 is 0. The van der Waals surface area contributed by atoms with E-state index in [2.05, 4.69) is 32.8 Å². The Morgan fingerprint density at radius 2 is 1.73 bits per heavy atom. The number of carbonyl (C=O) groups excluding carboxylic acids is 1. The molecule has 264 valence electrons. The molecule has 0 aromatic carbocycles. The number of aliphatic hydroxyl groups is 3. The van der Waals surface area contributed by atoms with Crippen molar-refractivity contribution in [3.63, 3.8) is 0 Å². The van der Waals surface area contributed by atoms with Crippen LogP contribution >= 0.6 is 23.5 Å². The molecule has 48 heavy (non-hydrogen) atoms. The first-order chi connectivity index (χ1) is 22.4.